The predicted molar refractivity (Wildman–Crippen MR) is 114 cm³/mol. The van der Waals surface area contributed by atoms with Crippen molar-refractivity contribution >= 4 is 47.8 Å². The van der Waals surface area contributed by atoms with E-state index in [2.05, 4.69) is 37.6 Å². The van der Waals surface area contributed by atoms with E-state index in [0.29, 0.717) is 11.9 Å². The molecule has 0 aliphatic rings. The maximum Gasteiger partial charge on any atom is 0.418 e. The lowest BCUT2D eigenvalue weighted by atomic mass is 10.1. The number of amides is 1. The fourth-order valence-electron chi connectivity index (χ4n) is 2.66. The number of carbonyl (C=O) groups is 2. The van der Waals surface area contributed by atoms with Gasteiger partial charge in [0.2, 0.25) is 5.95 Å². The minimum atomic E-state index is -2.00. The Bertz CT molecular complexity index is 901. The van der Waals surface area contributed by atoms with Crippen LogP contribution in [0.1, 0.15) is 39.0 Å². The summed E-state index contributed by atoms with van der Waals surface area (Å²) in [5.41, 5.74) is 11.4. The largest absolute Gasteiger partial charge is 0.479 e. The van der Waals surface area contributed by atoms with Crippen LogP contribution in [0.5, 0.6) is 0 Å². The molecule has 0 unspecified atom stereocenters. The van der Waals surface area contributed by atoms with Crippen molar-refractivity contribution in [2.24, 2.45) is 16.5 Å². The van der Waals surface area contributed by atoms with E-state index in [1.165, 1.54) is 12.5 Å². The summed E-state index contributed by atoms with van der Waals surface area (Å²) in [7, 11) is 0. The third-order valence-corrected chi connectivity index (χ3v) is 4.82. The Kier molecular flexibility index (Phi) is 8.21. The van der Waals surface area contributed by atoms with Crippen LogP contribution in [0.3, 0.4) is 0 Å². The van der Waals surface area contributed by atoms with Gasteiger partial charge in [-0.15, -0.1) is 12.6 Å². The minimum Gasteiger partial charge on any atom is -0.479 e. The minimum absolute atomic E-state index is 0.0890. The highest BCUT2D eigenvalue weighted by Gasteiger charge is 2.47. The lowest BCUT2D eigenvalue weighted by Gasteiger charge is -2.34. The molecule has 2 rings (SSSR count). The van der Waals surface area contributed by atoms with Crippen molar-refractivity contribution in [3.05, 3.63) is 12.5 Å². The number of nitrogens with one attached hydrogen (secondary N) is 1. The SMILES string of the molecule is CCCCCOC(=O)N(c1ncc2[nH]cnc2n1)[C@@](S)(CCCN=C(N)N)C(=O)O. The molecular formula is C17H26N8O4S. The number of thiol groups is 1. The molecule has 0 aliphatic carbocycles. The third kappa shape index (κ3) is 5.72. The summed E-state index contributed by atoms with van der Waals surface area (Å²) < 4.78 is 5.29. The standard InChI is InChI=1S/C17H26N8O4S/c1-2-3-4-8-29-16(28)25(15-21-9-11-12(24-15)23-10-22-11)17(30,13(26)27)6-5-7-20-14(18)19/h9-10,30H,2-8H2,1H3,(H,26,27)(H4,18,19,20)(H,21,22,23,24)/t17-/m1/s1. The Hall–Kier alpha value is -3.09. The second-order valence-electron chi connectivity index (χ2n) is 6.50. The molecule has 0 aromatic carbocycles. The summed E-state index contributed by atoms with van der Waals surface area (Å²) >= 11 is 4.33. The fraction of sp³-hybridized carbons (Fsp3) is 0.529. The number of hydrogen-bond acceptors (Lipinski definition) is 8. The van der Waals surface area contributed by atoms with Crippen LogP contribution in [0, 0.1) is 0 Å². The van der Waals surface area contributed by atoms with Crippen LogP contribution in [0.4, 0.5) is 10.7 Å². The molecule has 1 atom stereocenters. The topological polar surface area (TPSA) is 186 Å². The van der Waals surface area contributed by atoms with Gasteiger partial charge in [0, 0.05) is 6.54 Å². The van der Waals surface area contributed by atoms with Gasteiger partial charge in [-0.05, 0) is 19.3 Å². The molecule has 13 heteroatoms. The molecule has 0 aliphatic heterocycles. The number of fused-ring (bicyclic) bond motifs is 1. The summed E-state index contributed by atoms with van der Waals surface area (Å²) in [6, 6.07) is 0. The molecular weight excluding hydrogens is 412 g/mol. The molecule has 2 aromatic rings. The van der Waals surface area contributed by atoms with Crippen LogP contribution >= 0.6 is 12.6 Å². The summed E-state index contributed by atoms with van der Waals surface area (Å²) in [4.78, 5) is 42.9. The van der Waals surface area contributed by atoms with Crippen molar-refractivity contribution in [2.45, 2.75) is 43.9 Å². The van der Waals surface area contributed by atoms with Gasteiger partial charge in [0.05, 0.1) is 19.1 Å². The first kappa shape index (κ1) is 23.2. The number of anilines is 1. The van der Waals surface area contributed by atoms with Crippen molar-refractivity contribution in [2.75, 3.05) is 18.1 Å². The maximum atomic E-state index is 12.9. The van der Waals surface area contributed by atoms with Gasteiger partial charge in [-0.25, -0.2) is 24.5 Å². The van der Waals surface area contributed by atoms with Gasteiger partial charge in [0.15, 0.2) is 16.5 Å². The Morgan fingerprint density at radius 2 is 2.10 bits per heavy atom. The van der Waals surface area contributed by atoms with E-state index in [1.54, 1.807) is 0 Å². The van der Waals surface area contributed by atoms with Crippen molar-refractivity contribution in [1.29, 1.82) is 0 Å². The number of nitrogens with two attached hydrogens (primary N) is 2. The van der Waals surface area contributed by atoms with E-state index >= 15 is 0 Å². The van der Waals surface area contributed by atoms with Gasteiger partial charge in [0.25, 0.3) is 0 Å². The number of guanidine groups is 1. The van der Waals surface area contributed by atoms with E-state index in [1.807, 2.05) is 6.92 Å². The number of aliphatic imine (C=N–C) groups is 1. The molecule has 164 valence electrons. The smallest absolute Gasteiger partial charge is 0.418 e. The summed E-state index contributed by atoms with van der Waals surface area (Å²) in [6.07, 6.45) is 4.50. The van der Waals surface area contributed by atoms with E-state index in [-0.39, 0.29) is 43.5 Å². The lowest BCUT2D eigenvalue weighted by molar-refractivity contribution is -0.140. The number of hydrogen-bond donors (Lipinski definition) is 5. The number of aromatic amines is 1. The van der Waals surface area contributed by atoms with Gasteiger partial charge in [-0.3, -0.25) is 4.99 Å². The maximum absolute atomic E-state index is 12.9. The van der Waals surface area contributed by atoms with E-state index in [4.69, 9.17) is 16.2 Å². The van der Waals surface area contributed by atoms with Gasteiger partial charge in [-0.2, -0.15) is 4.98 Å². The van der Waals surface area contributed by atoms with E-state index < -0.39 is 16.9 Å². The van der Waals surface area contributed by atoms with Gasteiger partial charge >= 0.3 is 12.1 Å². The average molecular weight is 439 g/mol. The molecule has 0 spiro atoms. The molecule has 1 amide bonds. The van der Waals surface area contributed by atoms with Crippen LogP contribution in [-0.2, 0) is 9.53 Å². The third-order valence-electron chi connectivity index (χ3n) is 4.21. The molecule has 30 heavy (non-hydrogen) atoms. The number of carboxylic acids is 1. The quantitative estimate of drug-likeness (QED) is 0.113. The van der Waals surface area contributed by atoms with Crippen LogP contribution in [0.25, 0.3) is 11.2 Å². The Morgan fingerprint density at radius 3 is 2.77 bits per heavy atom. The number of aromatic nitrogens is 4. The van der Waals surface area contributed by atoms with Crippen LogP contribution in [0.15, 0.2) is 17.5 Å². The number of carboxylic acid groups (broad SMARTS) is 1. The zero-order valence-electron chi connectivity index (χ0n) is 16.6. The second kappa shape index (κ2) is 10.6. The van der Waals surface area contributed by atoms with Gasteiger partial charge < -0.3 is 26.3 Å². The number of carbonyl (C=O) groups excluding carboxylic acids is 1. The number of nitrogens with zero attached hydrogens (tertiary/aromatic N) is 5. The van der Waals surface area contributed by atoms with E-state index in [0.717, 1.165) is 17.7 Å². The molecule has 0 radical (unpaired) electrons. The molecule has 2 heterocycles. The first-order chi connectivity index (χ1) is 14.3. The highest BCUT2D eigenvalue weighted by molar-refractivity contribution is 7.82. The Labute approximate surface area is 178 Å². The summed E-state index contributed by atoms with van der Waals surface area (Å²) in [5.74, 6) is -1.67. The normalized spacial score (nSPS) is 12.9. The first-order valence-corrected chi connectivity index (χ1v) is 9.88. The van der Waals surface area contributed by atoms with Gasteiger partial charge in [-0.1, -0.05) is 19.8 Å². The molecule has 2 aromatic heterocycles. The lowest BCUT2D eigenvalue weighted by Crippen LogP contribution is -2.55. The zero-order valence-corrected chi connectivity index (χ0v) is 17.5. The number of unbranched alkanes of at least 4 members (excludes halogenated alkanes) is 2. The molecule has 0 saturated carbocycles. The molecule has 0 fully saturated rings. The first-order valence-electron chi connectivity index (χ1n) is 9.44. The van der Waals surface area contributed by atoms with Crippen molar-refractivity contribution in [3.8, 4) is 0 Å². The van der Waals surface area contributed by atoms with Crippen molar-refractivity contribution in [3.63, 3.8) is 0 Å². The number of rotatable bonds is 11. The Balaban J connectivity index is 2.36. The zero-order chi connectivity index (χ0) is 22.1. The molecule has 12 nitrogen and oxygen atoms in total. The number of imidazole rings is 1. The Morgan fingerprint density at radius 1 is 1.33 bits per heavy atom. The summed E-state index contributed by atoms with van der Waals surface area (Å²) in [6.45, 7) is 2.31. The van der Waals surface area contributed by atoms with Crippen molar-refractivity contribution < 1.29 is 19.4 Å². The average Bonchev–Trinajstić information content (AvgIpc) is 3.16. The highest BCUT2D eigenvalue weighted by atomic mass is 32.1. The number of ether oxygens (including phenoxy) is 1. The second-order valence-corrected chi connectivity index (χ2v) is 7.24. The van der Waals surface area contributed by atoms with Crippen LogP contribution in [0.2, 0.25) is 0 Å². The number of H-pyrrole nitrogens is 1. The number of aliphatic carboxylic acids is 1. The molecule has 0 bridgehead atoms. The van der Waals surface area contributed by atoms with Gasteiger partial charge in [0.1, 0.15) is 5.52 Å². The highest BCUT2D eigenvalue weighted by Crippen LogP contribution is 2.31. The molecule has 6 N–H and O–H groups in total. The fourth-order valence-corrected chi connectivity index (χ4v) is 2.99. The summed E-state index contributed by atoms with van der Waals surface area (Å²) in [5, 5.41) is 9.92. The molecule has 0 saturated heterocycles. The predicted octanol–water partition coefficient (Wildman–Crippen LogP) is 1.25. The van der Waals surface area contributed by atoms with Crippen LogP contribution in [-0.4, -0.2) is 61.1 Å². The van der Waals surface area contributed by atoms with Crippen LogP contribution < -0.4 is 16.4 Å². The monoisotopic (exact) mass is 438 g/mol. The van der Waals surface area contributed by atoms with Crippen molar-refractivity contribution in [1.82, 2.24) is 19.9 Å². The van der Waals surface area contributed by atoms with E-state index in [9.17, 15) is 14.7 Å².